The van der Waals surface area contributed by atoms with E-state index in [1.165, 1.54) is 30.9 Å². The van der Waals surface area contributed by atoms with Crippen molar-refractivity contribution >= 4 is 40.1 Å². The number of aryl methyl sites for hydroxylation is 1. The molecular formula is C22H25N3O4S. The number of nitrogens with one attached hydrogen (secondary N) is 1. The molecule has 0 radical (unpaired) electrons. The Kier molecular flexibility index (Phi) is 7.62. The molecule has 7 nitrogen and oxygen atoms in total. The summed E-state index contributed by atoms with van der Waals surface area (Å²) in [5, 5.41) is 2.82. The second-order valence-corrected chi connectivity index (χ2v) is 7.98. The molecule has 0 unspecified atom stereocenters. The Morgan fingerprint density at radius 2 is 1.90 bits per heavy atom. The summed E-state index contributed by atoms with van der Waals surface area (Å²) in [6, 6.07) is 16.9. The summed E-state index contributed by atoms with van der Waals surface area (Å²) < 4.78 is 10.5. The van der Waals surface area contributed by atoms with Gasteiger partial charge in [0.1, 0.15) is 5.25 Å². The maximum absolute atomic E-state index is 13.0. The first-order valence-corrected chi connectivity index (χ1v) is 10.4. The predicted molar refractivity (Wildman–Crippen MR) is 119 cm³/mol. The molecule has 1 heterocycles. The quantitative estimate of drug-likeness (QED) is 0.652. The van der Waals surface area contributed by atoms with Gasteiger partial charge >= 0.3 is 0 Å². The lowest BCUT2D eigenvalue weighted by molar-refractivity contribution is -0.138. The van der Waals surface area contributed by atoms with Crippen molar-refractivity contribution in [3.05, 3.63) is 60.2 Å². The summed E-state index contributed by atoms with van der Waals surface area (Å²) in [6.45, 7) is 2.15. The highest BCUT2D eigenvalue weighted by atomic mass is 32.2. The van der Waals surface area contributed by atoms with Crippen molar-refractivity contribution in [2.24, 2.45) is 4.99 Å². The number of carbonyl (C=O) groups is 2. The summed E-state index contributed by atoms with van der Waals surface area (Å²) in [6.07, 6.45) is -0.540. The molecule has 2 aromatic carbocycles. The highest BCUT2D eigenvalue weighted by molar-refractivity contribution is 8.15. The minimum absolute atomic E-state index is 0.0480. The molecule has 2 amide bonds. The normalized spacial score (nSPS) is 17.7. The molecule has 1 saturated heterocycles. The molecule has 1 fully saturated rings. The van der Waals surface area contributed by atoms with E-state index < -0.39 is 11.5 Å². The van der Waals surface area contributed by atoms with E-state index in [0.717, 1.165) is 11.3 Å². The third-order valence-corrected chi connectivity index (χ3v) is 5.71. The number of para-hydroxylation sites is 1. The van der Waals surface area contributed by atoms with Gasteiger partial charge in [-0.15, -0.1) is 0 Å². The minimum Gasteiger partial charge on any atom is -0.354 e. The smallest absolute Gasteiger partial charge is 0.242 e. The van der Waals surface area contributed by atoms with E-state index in [4.69, 9.17) is 9.47 Å². The van der Waals surface area contributed by atoms with Crippen molar-refractivity contribution < 1.29 is 19.1 Å². The van der Waals surface area contributed by atoms with E-state index in [1.807, 2.05) is 61.5 Å². The van der Waals surface area contributed by atoms with E-state index in [1.54, 1.807) is 0 Å². The van der Waals surface area contributed by atoms with Crippen LogP contribution in [0.2, 0.25) is 0 Å². The van der Waals surface area contributed by atoms with Crippen molar-refractivity contribution in [3.8, 4) is 0 Å². The molecule has 3 rings (SSSR count). The van der Waals surface area contributed by atoms with Crippen LogP contribution in [0.4, 0.5) is 11.4 Å². The number of hydrogen-bond acceptors (Lipinski definition) is 6. The molecule has 1 aliphatic heterocycles. The molecule has 0 spiro atoms. The minimum atomic E-state index is -0.588. The Morgan fingerprint density at radius 3 is 2.57 bits per heavy atom. The maximum atomic E-state index is 13.0. The summed E-state index contributed by atoms with van der Waals surface area (Å²) in [4.78, 5) is 31.7. The topological polar surface area (TPSA) is 80.2 Å². The number of nitrogens with zero attached hydrogens (tertiary/aromatic N) is 2. The summed E-state index contributed by atoms with van der Waals surface area (Å²) in [5.74, 6) is -0.407. The zero-order chi connectivity index (χ0) is 21.5. The lowest BCUT2D eigenvalue weighted by Gasteiger charge is -2.21. The SMILES string of the molecule is COC(CN1C(=O)[C@@H](CC(=O)Nc2cccc(C)c2)SC1=Nc1ccccc1)OC. The summed E-state index contributed by atoms with van der Waals surface area (Å²) in [5.41, 5.74) is 2.49. The van der Waals surface area contributed by atoms with E-state index in [0.29, 0.717) is 10.9 Å². The zero-order valence-corrected chi connectivity index (χ0v) is 18.0. The molecule has 1 N–H and O–H groups in total. The number of amidine groups is 1. The van der Waals surface area contributed by atoms with Gasteiger partial charge in [-0.1, -0.05) is 42.1 Å². The first kappa shape index (κ1) is 22.0. The first-order valence-electron chi connectivity index (χ1n) is 9.54. The van der Waals surface area contributed by atoms with E-state index in [9.17, 15) is 9.59 Å². The van der Waals surface area contributed by atoms with Gasteiger partial charge in [0.15, 0.2) is 11.5 Å². The van der Waals surface area contributed by atoms with E-state index in [2.05, 4.69) is 10.3 Å². The fourth-order valence-corrected chi connectivity index (χ4v) is 4.17. The maximum Gasteiger partial charge on any atom is 0.242 e. The van der Waals surface area contributed by atoms with Gasteiger partial charge in [-0.2, -0.15) is 0 Å². The first-order chi connectivity index (χ1) is 14.5. The fraction of sp³-hybridized carbons (Fsp3) is 0.318. The lowest BCUT2D eigenvalue weighted by atomic mass is 10.2. The number of rotatable bonds is 8. The van der Waals surface area contributed by atoms with Gasteiger partial charge < -0.3 is 14.8 Å². The van der Waals surface area contributed by atoms with Crippen LogP contribution < -0.4 is 5.32 Å². The van der Waals surface area contributed by atoms with Crippen molar-refractivity contribution in [2.75, 3.05) is 26.1 Å². The zero-order valence-electron chi connectivity index (χ0n) is 17.2. The molecule has 0 saturated carbocycles. The number of thioether (sulfide) groups is 1. The molecule has 0 aromatic heterocycles. The van der Waals surface area contributed by atoms with Gasteiger partial charge in [-0.3, -0.25) is 14.5 Å². The van der Waals surface area contributed by atoms with Gasteiger partial charge in [0, 0.05) is 26.3 Å². The molecule has 158 valence electrons. The number of amides is 2. The number of benzene rings is 2. The van der Waals surface area contributed by atoms with Gasteiger partial charge in [0.05, 0.1) is 12.2 Å². The molecular weight excluding hydrogens is 402 g/mol. The largest absolute Gasteiger partial charge is 0.354 e. The van der Waals surface area contributed by atoms with Crippen LogP contribution in [0.3, 0.4) is 0 Å². The summed E-state index contributed by atoms with van der Waals surface area (Å²) in [7, 11) is 3.03. The number of anilines is 1. The fourth-order valence-electron chi connectivity index (χ4n) is 3.00. The number of carbonyl (C=O) groups excluding carboxylic acids is 2. The van der Waals surface area contributed by atoms with Crippen LogP contribution in [0.25, 0.3) is 0 Å². The van der Waals surface area contributed by atoms with Gasteiger partial charge in [-0.05, 0) is 36.8 Å². The third-order valence-electron chi connectivity index (χ3n) is 4.53. The van der Waals surface area contributed by atoms with Crippen LogP contribution in [0, 0.1) is 6.92 Å². The van der Waals surface area contributed by atoms with Crippen molar-refractivity contribution in [3.63, 3.8) is 0 Å². The molecule has 0 aliphatic carbocycles. The second-order valence-electron chi connectivity index (χ2n) is 6.81. The molecule has 30 heavy (non-hydrogen) atoms. The number of aliphatic imine (C=N–C) groups is 1. The average molecular weight is 428 g/mol. The molecule has 1 atom stereocenters. The second kappa shape index (κ2) is 10.4. The van der Waals surface area contributed by atoms with Gasteiger partial charge in [0.2, 0.25) is 11.8 Å². The van der Waals surface area contributed by atoms with Crippen LogP contribution in [0.1, 0.15) is 12.0 Å². The summed E-state index contributed by atoms with van der Waals surface area (Å²) >= 11 is 1.28. The van der Waals surface area contributed by atoms with Gasteiger partial charge in [-0.25, -0.2) is 4.99 Å². The van der Waals surface area contributed by atoms with Crippen molar-refractivity contribution in [1.29, 1.82) is 0 Å². The lowest BCUT2D eigenvalue weighted by Crippen LogP contribution is -2.40. The van der Waals surface area contributed by atoms with Crippen molar-refractivity contribution in [2.45, 2.75) is 24.9 Å². The molecule has 1 aliphatic rings. The molecule has 8 heteroatoms. The predicted octanol–water partition coefficient (Wildman–Crippen LogP) is 3.57. The number of ether oxygens (including phenoxy) is 2. The van der Waals surface area contributed by atoms with Crippen LogP contribution in [-0.2, 0) is 19.1 Å². The number of hydrogen-bond donors (Lipinski definition) is 1. The van der Waals surface area contributed by atoms with Crippen LogP contribution in [0.15, 0.2) is 59.6 Å². The van der Waals surface area contributed by atoms with Crippen molar-refractivity contribution in [1.82, 2.24) is 4.90 Å². The van der Waals surface area contributed by atoms with E-state index >= 15 is 0 Å². The number of methoxy groups -OCH3 is 2. The van der Waals surface area contributed by atoms with Crippen LogP contribution >= 0.6 is 11.8 Å². The Bertz CT molecular complexity index is 916. The Balaban J connectivity index is 1.76. The van der Waals surface area contributed by atoms with Crippen LogP contribution in [0.5, 0.6) is 0 Å². The molecule has 2 aromatic rings. The highest BCUT2D eigenvalue weighted by Gasteiger charge is 2.40. The van der Waals surface area contributed by atoms with Gasteiger partial charge in [0.25, 0.3) is 0 Å². The standard InChI is InChI=1S/C22H25N3O4S/c1-15-8-7-11-17(12-15)23-19(26)13-18-21(27)25(14-20(28-2)29-3)22(30-18)24-16-9-5-4-6-10-16/h4-12,18,20H,13-14H2,1-3H3,(H,23,26)/t18-/m1/s1. The Hall–Kier alpha value is -2.68. The monoisotopic (exact) mass is 427 g/mol. The van der Waals surface area contributed by atoms with E-state index in [-0.39, 0.29) is 24.8 Å². The average Bonchev–Trinajstić information content (AvgIpc) is 3.01. The highest BCUT2D eigenvalue weighted by Crippen LogP contribution is 2.32. The Labute approximate surface area is 180 Å². The third kappa shape index (κ3) is 5.69. The molecule has 0 bridgehead atoms. The Morgan fingerprint density at radius 1 is 1.17 bits per heavy atom. The van der Waals surface area contributed by atoms with Crippen LogP contribution in [-0.4, -0.2) is 54.2 Å².